The van der Waals surface area contributed by atoms with E-state index >= 15 is 8.78 Å². The Balaban J connectivity index is 1.09. The van der Waals surface area contributed by atoms with Crippen LogP contribution in [0.15, 0.2) is 67.1 Å². The van der Waals surface area contributed by atoms with Gasteiger partial charge in [-0.1, -0.05) is 12.1 Å². The molecule has 2 N–H and O–H groups in total. The van der Waals surface area contributed by atoms with Crippen molar-refractivity contribution in [3.63, 3.8) is 0 Å². The van der Waals surface area contributed by atoms with Crippen LogP contribution in [0.2, 0.25) is 0 Å². The van der Waals surface area contributed by atoms with Crippen LogP contribution < -0.4 is 4.74 Å². The average molecular weight is 667 g/mol. The maximum atomic E-state index is 15.5. The lowest BCUT2D eigenvalue weighted by molar-refractivity contribution is -0.0590. The van der Waals surface area contributed by atoms with Gasteiger partial charge in [0.1, 0.15) is 29.1 Å². The number of aromatic nitrogens is 6. The van der Waals surface area contributed by atoms with Gasteiger partial charge in [-0.05, 0) is 42.3 Å². The minimum atomic E-state index is -2.74. The molecule has 1 fully saturated rings. The van der Waals surface area contributed by atoms with Crippen molar-refractivity contribution in [1.82, 2.24) is 29.3 Å². The Bertz CT molecular complexity index is 2060. The predicted molar refractivity (Wildman–Crippen MR) is 163 cm³/mol. The zero-order valence-electron chi connectivity index (χ0n) is 24.4. The zero-order valence-corrected chi connectivity index (χ0v) is 25.2. The SMILES string of the molecule is OC(O)c1ccc2nc(Cc3cc(F)c(-c4cccc(OCc5ncc(-c6cnn(C(F)F)c6)s5)n4)cc3F)n(C[C@@H]3CCO3)c2c1. The van der Waals surface area contributed by atoms with Crippen molar-refractivity contribution in [3.05, 3.63) is 101 Å². The van der Waals surface area contributed by atoms with Gasteiger partial charge in [0.05, 0.1) is 40.5 Å². The summed E-state index contributed by atoms with van der Waals surface area (Å²) >= 11 is 1.24. The third-order valence-electron chi connectivity index (χ3n) is 7.80. The summed E-state index contributed by atoms with van der Waals surface area (Å²) < 4.78 is 70.5. The molecule has 1 aliphatic heterocycles. The highest BCUT2D eigenvalue weighted by atomic mass is 32.1. The van der Waals surface area contributed by atoms with Gasteiger partial charge in [-0.25, -0.2) is 28.4 Å². The Morgan fingerprint density at radius 3 is 2.64 bits per heavy atom. The molecule has 242 valence electrons. The van der Waals surface area contributed by atoms with Crippen molar-refractivity contribution in [3.8, 4) is 27.6 Å². The molecule has 1 atom stereocenters. The van der Waals surface area contributed by atoms with Crippen LogP contribution >= 0.6 is 11.3 Å². The maximum Gasteiger partial charge on any atom is 0.333 e. The fourth-order valence-electron chi connectivity index (χ4n) is 5.27. The average Bonchev–Trinajstić information content (AvgIpc) is 3.78. The van der Waals surface area contributed by atoms with Gasteiger partial charge < -0.3 is 24.3 Å². The van der Waals surface area contributed by atoms with Gasteiger partial charge in [0.25, 0.3) is 0 Å². The monoisotopic (exact) mass is 666 g/mol. The van der Waals surface area contributed by atoms with Crippen LogP contribution in [0.3, 0.4) is 0 Å². The fourth-order valence-corrected chi connectivity index (χ4v) is 6.08. The van der Waals surface area contributed by atoms with Crippen LogP contribution in [0, 0.1) is 11.6 Å². The van der Waals surface area contributed by atoms with Crippen LogP contribution in [-0.2, 0) is 24.3 Å². The molecule has 5 heterocycles. The Morgan fingerprint density at radius 2 is 1.89 bits per heavy atom. The Morgan fingerprint density at radius 1 is 1.04 bits per heavy atom. The largest absolute Gasteiger partial charge is 0.470 e. The second-order valence-corrected chi connectivity index (χ2v) is 12.0. The summed E-state index contributed by atoms with van der Waals surface area (Å²) in [5, 5.41) is 23.5. The summed E-state index contributed by atoms with van der Waals surface area (Å²) in [7, 11) is 0. The highest BCUT2D eigenvalue weighted by Crippen LogP contribution is 2.31. The molecule has 0 saturated carbocycles. The molecule has 0 bridgehead atoms. The number of benzene rings is 2. The third-order valence-corrected chi connectivity index (χ3v) is 8.82. The molecule has 10 nitrogen and oxygen atoms in total. The molecular weight excluding hydrogens is 640 g/mol. The Labute approximate surface area is 268 Å². The first-order valence-corrected chi connectivity index (χ1v) is 15.4. The normalized spacial score (nSPS) is 14.8. The Hall–Kier alpha value is -4.70. The lowest BCUT2D eigenvalue weighted by atomic mass is 10.0. The second-order valence-electron chi connectivity index (χ2n) is 10.9. The molecule has 7 rings (SSSR count). The number of pyridine rings is 1. The maximum absolute atomic E-state index is 15.5. The van der Waals surface area contributed by atoms with Crippen molar-refractivity contribution in [2.75, 3.05) is 6.61 Å². The van der Waals surface area contributed by atoms with Crippen molar-refractivity contribution in [2.24, 2.45) is 0 Å². The Kier molecular flexibility index (Phi) is 8.44. The first-order valence-electron chi connectivity index (χ1n) is 14.5. The summed E-state index contributed by atoms with van der Waals surface area (Å²) in [4.78, 5) is 13.9. The third kappa shape index (κ3) is 6.47. The van der Waals surface area contributed by atoms with E-state index in [-0.39, 0.29) is 47.4 Å². The van der Waals surface area contributed by atoms with E-state index in [1.807, 2.05) is 4.57 Å². The quantitative estimate of drug-likeness (QED) is 0.127. The number of fused-ring (bicyclic) bond motifs is 1. The summed E-state index contributed by atoms with van der Waals surface area (Å²) in [6, 6.07) is 11.8. The molecule has 0 aliphatic carbocycles. The van der Waals surface area contributed by atoms with Gasteiger partial charge in [-0.2, -0.15) is 13.9 Å². The molecule has 15 heteroatoms. The van der Waals surface area contributed by atoms with Crippen molar-refractivity contribution < 1.29 is 37.2 Å². The minimum absolute atomic E-state index is 0.0171. The van der Waals surface area contributed by atoms with Gasteiger partial charge in [-0.15, -0.1) is 11.3 Å². The fraction of sp³-hybridized carbons (Fsp3) is 0.250. The van der Waals surface area contributed by atoms with Gasteiger partial charge in [-0.3, -0.25) is 0 Å². The number of halogens is 4. The van der Waals surface area contributed by atoms with Gasteiger partial charge >= 0.3 is 6.55 Å². The molecule has 1 aliphatic rings. The minimum Gasteiger partial charge on any atom is -0.470 e. The molecule has 2 aromatic carbocycles. The van der Waals surface area contributed by atoms with Crippen molar-refractivity contribution in [2.45, 2.75) is 44.9 Å². The van der Waals surface area contributed by atoms with E-state index < -0.39 is 24.5 Å². The molecule has 0 radical (unpaired) electrons. The number of thiazole rings is 1. The van der Waals surface area contributed by atoms with Crippen LogP contribution in [-0.4, -0.2) is 52.2 Å². The van der Waals surface area contributed by atoms with E-state index in [0.717, 1.165) is 18.6 Å². The summed E-state index contributed by atoms with van der Waals surface area (Å²) in [6.07, 6.45) is 3.19. The van der Waals surface area contributed by atoms with E-state index in [0.29, 0.717) is 50.1 Å². The van der Waals surface area contributed by atoms with Gasteiger partial charge in [0.2, 0.25) is 5.88 Å². The number of alkyl halides is 2. The number of nitrogens with zero attached hydrogens (tertiary/aromatic N) is 6. The molecule has 1 saturated heterocycles. The molecule has 4 aromatic heterocycles. The number of hydrogen-bond acceptors (Lipinski definition) is 9. The molecule has 0 unspecified atom stereocenters. The molecule has 0 spiro atoms. The number of imidazole rings is 1. The van der Waals surface area contributed by atoms with Gasteiger partial charge in [0.15, 0.2) is 6.29 Å². The van der Waals surface area contributed by atoms with Crippen LogP contribution in [0.4, 0.5) is 17.6 Å². The molecular formula is C32H26F4N6O4S. The van der Waals surface area contributed by atoms with E-state index in [4.69, 9.17) is 9.47 Å². The lowest BCUT2D eigenvalue weighted by Crippen LogP contribution is -2.31. The highest BCUT2D eigenvalue weighted by Gasteiger charge is 2.24. The predicted octanol–water partition coefficient (Wildman–Crippen LogP) is 6.03. The summed E-state index contributed by atoms with van der Waals surface area (Å²) in [5.41, 5.74) is 2.20. The van der Waals surface area contributed by atoms with Crippen LogP contribution in [0.25, 0.3) is 32.7 Å². The van der Waals surface area contributed by atoms with E-state index in [2.05, 4.69) is 20.1 Å². The molecule has 47 heavy (non-hydrogen) atoms. The van der Waals surface area contributed by atoms with Crippen molar-refractivity contribution >= 4 is 22.4 Å². The standard InChI is InChI=1S/C32H26F4N6O4S/c33-22-11-21(24-2-1-3-29(40-24)46-16-30-37-13-27(47-30)19-12-38-42(14-19)32(35)36)23(34)8-18(22)10-28-39-25-5-4-17(31(43)44)9-26(25)41(28)15-20-6-7-45-20/h1-5,8-9,11-14,20,31-32,43-44H,6-7,10,15-16H2/t20-/m0/s1. The zero-order chi connectivity index (χ0) is 32.7. The number of aliphatic hydroxyl groups excluding tert-OH is 1. The topological polar surface area (TPSA) is 120 Å². The van der Waals surface area contributed by atoms with Gasteiger partial charge in [0, 0.05) is 48.2 Å². The number of aliphatic hydroxyl groups is 2. The first-order chi connectivity index (χ1) is 22.7. The smallest absolute Gasteiger partial charge is 0.333 e. The lowest BCUT2D eigenvalue weighted by Gasteiger charge is -2.27. The summed E-state index contributed by atoms with van der Waals surface area (Å²) in [5.74, 6) is -0.693. The number of rotatable bonds is 11. The van der Waals surface area contributed by atoms with E-state index in [9.17, 15) is 19.0 Å². The van der Waals surface area contributed by atoms with Crippen LogP contribution in [0.5, 0.6) is 5.88 Å². The van der Waals surface area contributed by atoms with Crippen LogP contribution in [0.1, 0.15) is 41.2 Å². The molecule has 6 aromatic rings. The van der Waals surface area contributed by atoms with E-state index in [1.54, 1.807) is 30.3 Å². The second kappa shape index (κ2) is 12.8. The van der Waals surface area contributed by atoms with Crippen molar-refractivity contribution in [1.29, 1.82) is 0 Å². The summed E-state index contributed by atoms with van der Waals surface area (Å²) in [6.45, 7) is -1.65. The number of hydrogen-bond donors (Lipinski definition) is 2. The first kappa shape index (κ1) is 30.9. The highest BCUT2D eigenvalue weighted by molar-refractivity contribution is 7.15. The molecule has 0 amide bonds. The van der Waals surface area contributed by atoms with E-state index in [1.165, 1.54) is 36.0 Å². The number of ether oxygens (including phenoxy) is 2.